The maximum Gasteiger partial charge on any atom is 0.311 e. The highest BCUT2D eigenvalue weighted by molar-refractivity contribution is 5.75. The monoisotopic (exact) mass is 300 g/mol. The quantitative estimate of drug-likeness (QED) is 0.368. The molecule has 0 aliphatic heterocycles. The molecule has 1 saturated carbocycles. The smallest absolute Gasteiger partial charge is 0.311 e. The third-order valence-corrected chi connectivity index (χ3v) is 4.50. The summed E-state index contributed by atoms with van der Waals surface area (Å²) < 4.78 is 16.5. The summed E-state index contributed by atoms with van der Waals surface area (Å²) in [6, 6.07) is 0. The standard InChI is InChI=1S/C17H32O4/c1-5-17(3,4)16(18)20-12-8-11-19-13-21-15-10-7-6-9-14(15)2/h14-15H,5-13H2,1-4H3. The predicted octanol–water partition coefficient (Wildman–Crippen LogP) is 3.93. The van der Waals surface area contributed by atoms with Crippen LogP contribution in [0.25, 0.3) is 0 Å². The number of carbonyl (C=O) groups is 1. The van der Waals surface area contributed by atoms with Crippen LogP contribution < -0.4 is 0 Å². The molecule has 0 N–H and O–H groups in total. The Morgan fingerprint density at radius 3 is 2.57 bits per heavy atom. The van der Waals surface area contributed by atoms with Crippen LogP contribution in [-0.2, 0) is 19.0 Å². The van der Waals surface area contributed by atoms with E-state index in [0.717, 1.165) is 19.3 Å². The molecule has 0 aromatic rings. The fourth-order valence-electron chi connectivity index (χ4n) is 2.39. The van der Waals surface area contributed by atoms with E-state index >= 15 is 0 Å². The highest BCUT2D eigenvalue weighted by Crippen LogP contribution is 2.26. The fourth-order valence-corrected chi connectivity index (χ4v) is 2.39. The summed E-state index contributed by atoms with van der Waals surface area (Å²) in [5, 5.41) is 0. The summed E-state index contributed by atoms with van der Waals surface area (Å²) in [5.74, 6) is 0.511. The van der Waals surface area contributed by atoms with Gasteiger partial charge in [0.25, 0.3) is 0 Å². The van der Waals surface area contributed by atoms with E-state index in [1.54, 1.807) is 0 Å². The molecule has 0 saturated heterocycles. The van der Waals surface area contributed by atoms with E-state index < -0.39 is 0 Å². The lowest BCUT2D eigenvalue weighted by atomic mass is 9.88. The first-order chi connectivity index (χ1) is 9.97. The molecule has 21 heavy (non-hydrogen) atoms. The van der Waals surface area contributed by atoms with E-state index in [-0.39, 0.29) is 11.4 Å². The van der Waals surface area contributed by atoms with Gasteiger partial charge in [-0.1, -0.05) is 26.7 Å². The van der Waals surface area contributed by atoms with Gasteiger partial charge in [0.05, 0.1) is 24.7 Å². The summed E-state index contributed by atoms with van der Waals surface area (Å²) >= 11 is 0. The van der Waals surface area contributed by atoms with Crippen molar-refractivity contribution in [2.24, 2.45) is 11.3 Å². The first-order valence-electron chi connectivity index (χ1n) is 8.34. The molecule has 0 bridgehead atoms. The van der Waals surface area contributed by atoms with Crippen LogP contribution in [0.2, 0.25) is 0 Å². The molecule has 0 amide bonds. The van der Waals surface area contributed by atoms with Gasteiger partial charge in [0.15, 0.2) is 0 Å². The van der Waals surface area contributed by atoms with Gasteiger partial charge in [-0.2, -0.15) is 0 Å². The van der Waals surface area contributed by atoms with E-state index in [9.17, 15) is 4.79 Å². The summed E-state index contributed by atoms with van der Waals surface area (Å²) in [6.45, 7) is 9.40. The van der Waals surface area contributed by atoms with Crippen molar-refractivity contribution in [3.63, 3.8) is 0 Å². The van der Waals surface area contributed by atoms with Gasteiger partial charge in [0.2, 0.25) is 0 Å². The summed E-state index contributed by atoms with van der Waals surface area (Å²) in [5.41, 5.74) is -0.388. The molecule has 0 aromatic heterocycles. The second-order valence-electron chi connectivity index (χ2n) is 6.72. The number of hydrogen-bond donors (Lipinski definition) is 0. The Hall–Kier alpha value is -0.610. The normalized spacial score (nSPS) is 23.0. The van der Waals surface area contributed by atoms with E-state index in [2.05, 4.69) is 6.92 Å². The number of esters is 1. The average molecular weight is 300 g/mol. The van der Waals surface area contributed by atoms with E-state index in [1.165, 1.54) is 19.3 Å². The highest BCUT2D eigenvalue weighted by Gasteiger charge is 2.26. The van der Waals surface area contributed by atoms with Gasteiger partial charge in [-0.3, -0.25) is 4.79 Å². The first kappa shape index (κ1) is 18.4. The Bertz CT molecular complexity index is 301. The molecular formula is C17H32O4. The fraction of sp³-hybridized carbons (Fsp3) is 0.941. The number of hydrogen-bond acceptors (Lipinski definition) is 4. The van der Waals surface area contributed by atoms with Crippen LogP contribution in [0.3, 0.4) is 0 Å². The van der Waals surface area contributed by atoms with Crippen LogP contribution in [0, 0.1) is 11.3 Å². The molecule has 2 unspecified atom stereocenters. The Morgan fingerprint density at radius 1 is 1.19 bits per heavy atom. The predicted molar refractivity (Wildman–Crippen MR) is 83.0 cm³/mol. The minimum Gasteiger partial charge on any atom is -0.465 e. The number of rotatable bonds is 9. The molecule has 0 aromatic carbocycles. The van der Waals surface area contributed by atoms with Crippen molar-refractivity contribution in [2.45, 2.75) is 72.3 Å². The van der Waals surface area contributed by atoms with Crippen LogP contribution in [0.15, 0.2) is 0 Å². The van der Waals surface area contributed by atoms with Gasteiger partial charge in [0, 0.05) is 6.42 Å². The second-order valence-corrected chi connectivity index (χ2v) is 6.72. The Kier molecular flexibility index (Phi) is 8.27. The van der Waals surface area contributed by atoms with Crippen molar-refractivity contribution in [3.05, 3.63) is 0 Å². The molecule has 4 nitrogen and oxygen atoms in total. The zero-order valence-electron chi connectivity index (χ0n) is 14.2. The molecule has 1 fully saturated rings. The SMILES string of the molecule is CCC(C)(C)C(=O)OCCCOCOC1CCCCC1C. The Labute approximate surface area is 129 Å². The highest BCUT2D eigenvalue weighted by atomic mass is 16.7. The Balaban J connectivity index is 1.98. The molecule has 124 valence electrons. The molecule has 0 heterocycles. The number of carbonyl (C=O) groups excluding carboxylic acids is 1. The minimum absolute atomic E-state index is 0.128. The van der Waals surface area contributed by atoms with Gasteiger partial charge in [-0.25, -0.2) is 0 Å². The molecule has 1 aliphatic carbocycles. The van der Waals surface area contributed by atoms with Gasteiger partial charge in [0.1, 0.15) is 6.79 Å². The minimum atomic E-state index is -0.388. The summed E-state index contributed by atoms with van der Waals surface area (Å²) in [4.78, 5) is 11.7. The van der Waals surface area contributed by atoms with Crippen molar-refractivity contribution in [2.75, 3.05) is 20.0 Å². The summed E-state index contributed by atoms with van der Waals surface area (Å²) in [7, 11) is 0. The average Bonchev–Trinajstić information content (AvgIpc) is 2.47. The number of ether oxygens (including phenoxy) is 3. The summed E-state index contributed by atoms with van der Waals surface area (Å²) in [6.07, 6.45) is 6.84. The zero-order chi connectivity index (χ0) is 15.7. The molecule has 4 heteroatoms. The Morgan fingerprint density at radius 2 is 1.90 bits per heavy atom. The van der Waals surface area contributed by atoms with Gasteiger partial charge < -0.3 is 14.2 Å². The van der Waals surface area contributed by atoms with Gasteiger partial charge in [-0.05, 0) is 39.0 Å². The van der Waals surface area contributed by atoms with Crippen LogP contribution in [0.1, 0.15) is 66.2 Å². The van der Waals surface area contributed by atoms with Crippen molar-refractivity contribution < 1.29 is 19.0 Å². The molecule has 1 rings (SSSR count). The van der Waals surface area contributed by atoms with Gasteiger partial charge >= 0.3 is 5.97 Å². The van der Waals surface area contributed by atoms with Crippen molar-refractivity contribution in [1.29, 1.82) is 0 Å². The van der Waals surface area contributed by atoms with Crippen LogP contribution in [0.4, 0.5) is 0 Å². The van der Waals surface area contributed by atoms with E-state index in [0.29, 0.717) is 32.0 Å². The third-order valence-electron chi connectivity index (χ3n) is 4.50. The van der Waals surface area contributed by atoms with E-state index in [1.807, 2.05) is 20.8 Å². The molecular weight excluding hydrogens is 268 g/mol. The molecule has 0 spiro atoms. The zero-order valence-corrected chi connectivity index (χ0v) is 14.2. The van der Waals surface area contributed by atoms with Crippen LogP contribution >= 0.6 is 0 Å². The second kappa shape index (κ2) is 9.42. The lowest BCUT2D eigenvalue weighted by molar-refractivity contribution is -0.155. The van der Waals surface area contributed by atoms with Crippen LogP contribution in [-0.4, -0.2) is 32.1 Å². The van der Waals surface area contributed by atoms with Crippen molar-refractivity contribution >= 4 is 5.97 Å². The molecule has 2 atom stereocenters. The van der Waals surface area contributed by atoms with Crippen molar-refractivity contribution in [3.8, 4) is 0 Å². The lowest BCUT2D eigenvalue weighted by Crippen LogP contribution is -2.27. The first-order valence-corrected chi connectivity index (χ1v) is 8.34. The van der Waals surface area contributed by atoms with Crippen molar-refractivity contribution in [1.82, 2.24) is 0 Å². The topological polar surface area (TPSA) is 44.8 Å². The van der Waals surface area contributed by atoms with Gasteiger partial charge in [-0.15, -0.1) is 0 Å². The lowest BCUT2D eigenvalue weighted by Gasteiger charge is -2.28. The largest absolute Gasteiger partial charge is 0.465 e. The molecule has 1 aliphatic rings. The maximum absolute atomic E-state index is 11.7. The third kappa shape index (κ3) is 6.79. The van der Waals surface area contributed by atoms with E-state index in [4.69, 9.17) is 14.2 Å². The maximum atomic E-state index is 11.7. The van der Waals surface area contributed by atoms with Crippen LogP contribution in [0.5, 0.6) is 0 Å². The molecule has 0 radical (unpaired) electrons.